The maximum atomic E-state index is 3.73. The van der Waals surface area contributed by atoms with Gasteiger partial charge in [0.25, 0.3) is 0 Å². The zero-order valence-electron chi connectivity index (χ0n) is 12.4. The van der Waals surface area contributed by atoms with Crippen LogP contribution in [0.4, 0.5) is 0 Å². The molecule has 1 atom stereocenters. The first-order valence-corrected chi connectivity index (χ1v) is 8.59. The van der Waals surface area contributed by atoms with Gasteiger partial charge in [0.2, 0.25) is 0 Å². The molecule has 0 spiro atoms. The molecule has 0 aromatic carbocycles. The van der Waals surface area contributed by atoms with Crippen LogP contribution in [0.15, 0.2) is 17.5 Å². The van der Waals surface area contributed by atoms with E-state index in [-0.39, 0.29) is 0 Å². The Morgan fingerprint density at radius 2 is 2.16 bits per heavy atom. The Morgan fingerprint density at radius 1 is 1.37 bits per heavy atom. The van der Waals surface area contributed by atoms with Crippen molar-refractivity contribution >= 4 is 11.3 Å². The summed E-state index contributed by atoms with van der Waals surface area (Å²) < 4.78 is 0. The Hall–Kier alpha value is -0.380. The number of likely N-dealkylation sites (N-methyl/N-ethyl adjacent to an activating group) is 1. The van der Waals surface area contributed by atoms with Gasteiger partial charge >= 0.3 is 0 Å². The fourth-order valence-corrected chi connectivity index (χ4v) is 3.67. The Bertz CT molecular complexity index is 331. The van der Waals surface area contributed by atoms with Crippen molar-refractivity contribution in [2.45, 2.75) is 57.5 Å². The summed E-state index contributed by atoms with van der Waals surface area (Å²) in [5.74, 6) is 0. The molecule has 108 valence electrons. The first kappa shape index (κ1) is 15.0. The monoisotopic (exact) mass is 280 g/mol. The van der Waals surface area contributed by atoms with Crippen LogP contribution in [0.1, 0.15) is 43.9 Å². The van der Waals surface area contributed by atoms with Crippen LogP contribution in [-0.2, 0) is 6.42 Å². The van der Waals surface area contributed by atoms with Crippen molar-refractivity contribution < 1.29 is 0 Å². The fourth-order valence-electron chi connectivity index (χ4n) is 2.85. The largest absolute Gasteiger partial charge is 0.313 e. The molecular formula is C16H28N2S. The molecule has 1 heterocycles. The highest BCUT2D eigenvalue weighted by Gasteiger charge is 2.14. The molecule has 1 unspecified atom stereocenters. The number of nitrogens with one attached hydrogen (secondary N) is 1. The van der Waals surface area contributed by atoms with Crippen LogP contribution in [0.2, 0.25) is 0 Å². The van der Waals surface area contributed by atoms with E-state index in [4.69, 9.17) is 0 Å². The van der Waals surface area contributed by atoms with Gasteiger partial charge in [0.05, 0.1) is 0 Å². The Labute approximate surface area is 122 Å². The maximum absolute atomic E-state index is 3.73. The van der Waals surface area contributed by atoms with E-state index in [1.54, 1.807) is 0 Å². The van der Waals surface area contributed by atoms with E-state index < -0.39 is 0 Å². The summed E-state index contributed by atoms with van der Waals surface area (Å²) in [6, 6.07) is 5.81. The lowest BCUT2D eigenvalue weighted by Gasteiger charge is -2.27. The first-order chi connectivity index (χ1) is 9.25. The number of hydrogen-bond donors (Lipinski definition) is 1. The Morgan fingerprint density at radius 3 is 2.84 bits per heavy atom. The average molecular weight is 280 g/mol. The molecule has 0 saturated heterocycles. The van der Waals surface area contributed by atoms with Crippen molar-refractivity contribution in [1.29, 1.82) is 0 Å². The molecule has 1 aromatic rings. The molecule has 1 fully saturated rings. The van der Waals surface area contributed by atoms with Crippen LogP contribution in [-0.4, -0.2) is 37.1 Å². The molecule has 1 aromatic heterocycles. The van der Waals surface area contributed by atoms with Gasteiger partial charge in [-0.3, -0.25) is 0 Å². The van der Waals surface area contributed by atoms with Crippen LogP contribution >= 0.6 is 11.3 Å². The second-order valence-corrected chi connectivity index (χ2v) is 6.93. The van der Waals surface area contributed by atoms with Crippen LogP contribution in [0, 0.1) is 0 Å². The van der Waals surface area contributed by atoms with E-state index in [9.17, 15) is 0 Å². The van der Waals surface area contributed by atoms with E-state index in [1.807, 2.05) is 11.3 Å². The summed E-state index contributed by atoms with van der Waals surface area (Å²) in [4.78, 5) is 3.98. The maximum Gasteiger partial charge on any atom is 0.0113 e. The molecular weight excluding hydrogens is 252 g/mol. The third-order valence-corrected chi connectivity index (χ3v) is 5.23. The minimum absolute atomic E-state index is 0.631. The second kappa shape index (κ2) is 8.03. The summed E-state index contributed by atoms with van der Waals surface area (Å²) >= 11 is 1.87. The summed E-state index contributed by atoms with van der Waals surface area (Å²) in [5, 5.41) is 5.90. The third kappa shape index (κ3) is 5.25. The van der Waals surface area contributed by atoms with Gasteiger partial charge < -0.3 is 10.2 Å². The SMILES string of the molecule is CC(Cc1cccs1)N(C)CCNC1CCCCC1. The van der Waals surface area contributed by atoms with E-state index in [0.717, 1.165) is 19.1 Å². The highest BCUT2D eigenvalue weighted by Crippen LogP contribution is 2.17. The minimum Gasteiger partial charge on any atom is -0.313 e. The van der Waals surface area contributed by atoms with Gasteiger partial charge in [0.1, 0.15) is 0 Å². The van der Waals surface area contributed by atoms with Crippen molar-refractivity contribution in [3.8, 4) is 0 Å². The lowest BCUT2D eigenvalue weighted by Crippen LogP contribution is -2.40. The smallest absolute Gasteiger partial charge is 0.0113 e. The summed E-state index contributed by atoms with van der Waals surface area (Å²) in [6.45, 7) is 4.62. The third-order valence-electron chi connectivity index (χ3n) is 4.33. The molecule has 2 nitrogen and oxygen atoms in total. The van der Waals surface area contributed by atoms with Gasteiger partial charge in [-0.05, 0) is 44.7 Å². The molecule has 3 heteroatoms. The second-order valence-electron chi connectivity index (χ2n) is 5.90. The lowest BCUT2D eigenvalue weighted by atomic mass is 9.95. The van der Waals surface area contributed by atoms with E-state index in [2.05, 4.69) is 41.7 Å². The highest BCUT2D eigenvalue weighted by molar-refractivity contribution is 7.09. The van der Waals surface area contributed by atoms with Crippen LogP contribution in [0.5, 0.6) is 0 Å². The quantitative estimate of drug-likeness (QED) is 0.822. The van der Waals surface area contributed by atoms with Crippen molar-refractivity contribution in [1.82, 2.24) is 10.2 Å². The van der Waals surface area contributed by atoms with Gasteiger partial charge in [-0.2, -0.15) is 0 Å². The Kier molecular flexibility index (Phi) is 6.35. The average Bonchev–Trinajstić information content (AvgIpc) is 2.92. The van der Waals surface area contributed by atoms with Crippen molar-refractivity contribution in [2.24, 2.45) is 0 Å². The number of nitrogens with zero attached hydrogens (tertiary/aromatic N) is 1. The lowest BCUT2D eigenvalue weighted by molar-refractivity contribution is 0.247. The predicted molar refractivity (Wildman–Crippen MR) is 85.0 cm³/mol. The molecule has 1 aliphatic rings. The number of thiophene rings is 1. The van der Waals surface area contributed by atoms with E-state index in [1.165, 1.54) is 43.4 Å². The topological polar surface area (TPSA) is 15.3 Å². The molecule has 0 aliphatic heterocycles. The van der Waals surface area contributed by atoms with Gasteiger partial charge in [0, 0.05) is 30.1 Å². The molecule has 1 saturated carbocycles. The normalized spacial score (nSPS) is 18.9. The van der Waals surface area contributed by atoms with Gasteiger partial charge in [-0.1, -0.05) is 25.3 Å². The van der Waals surface area contributed by atoms with Crippen LogP contribution < -0.4 is 5.32 Å². The van der Waals surface area contributed by atoms with Crippen molar-refractivity contribution in [3.63, 3.8) is 0 Å². The standard InChI is InChI=1S/C16H28N2S/c1-14(13-16-9-6-12-19-16)18(2)11-10-17-15-7-4-3-5-8-15/h6,9,12,14-15,17H,3-5,7-8,10-11,13H2,1-2H3. The van der Waals surface area contributed by atoms with Crippen LogP contribution in [0.25, 0.3) is 0 Å². The number of hydrogen-bond acceptors (Lipinski definition) is 3. The van der Waals surface area contributed by atoms with E-state index >= 15 is 0 Å². The highest BCUT2D eigenvalue weighted by atomic mass is 32.1. The van der Waals surface area contributed by atoms with Crippen molar-refractivity contribution in [2.75, 3.05) is 20.1 Å². The van der Waals surface area contributed by atoms with Gasteiger partial charge in [-0.15, -0.1) is 11.3 Å². The van der Waals surface area contributed by atoms with E-state index in [0.29, 0.717) is 6.04 Å². The molecule has 0 radical (unpaired) electrons. The molecule has 19 heavy (non-hydrogen) atoms. The minimum atomic E-state index is 0.631. The zero-order valence-corrected chi connectivity index (χ0v) is 13.2. The molecule has 0 amide bonds. The summed E-state index contributed by atoms with van der Waals surface area (Å²) in [6.07, 6.45) is 8.22. The summed E-state index contributed by atoms with van der Waals surface area (Å²) in [7, 11) is 2.25. The first-order valence-electron chi connectivity index (χ1n) is 7.71. The Balaban J connectivity index is 1.61. The molecule has 0 bridgehead atoms. The molecule has 1 aliphatic carbocycles. The fraction of sp³-hybridized carbons (Fsp3) is 0.750. The van der Waals surface area contributed by atoms with Crippen molar-refractivity contribution in [3.05, 3.63) is 22.4 Å². The van der Waals surface area contributed by atoms with Gasteiger partial charge in [-0.25, -0.2) is 0 Å². The predicted octanol–water partition coefficient (Wildman–Crippen LogP) is 3.53. The van der Waals surface area contributed by atoms with Crippen LogP contribution in [0.3, 0.4) is 0 Å². The van der Waals surface area contributed by atoms with Gasteiger partial charge in [0.15, 0.2) is 0 Å². The zero-order chi connectivity index (χ0) is 13.5. The number of rotatable bonds is 7. The molecule has 1 N–H and O–H groups in total. The summed E-state index contributed by atoms with van der Waals surface area (Å²) in [5.41, 5.74) is 0. The molecule has 2 rings (SSSR count).